The van der Waals surface area contributed by atoms with Crippen molar-refractivity contribution in [3.63, 3.8) is 0 Å². The van der Waals surface area contributed by atoms with Gasteiger partial charge in [-0.3, -0.25) is 9.79 Å². The number of nitrogens with zero attached hydrogens (tertiary/aromatic N) is 2. The van der Waals surface area contributed by atoms with Gasteiger partial charge in [-0.1, -0.05) is 36.4 Å². The number of pyridine rings is 1. The minimum absolute atomic E-state index is 0.144. The first-order chi connectivity index (χ1) is 14.2. The Morgan fingerprint density at radius 3 is 2.28 bits per heavy atom. The summed E-state index contributed by atoms with van der Waals surface area (Å²) in [5.41, 5.74) is 1.52. The van der Waals surface area contributed by atoms with Crippen molar-refractivity contribution in [2.75, 3.05) is 6.61 Å². The molecule has 0 saturated heterocycles. The SMILES string of the molecule is CCOc1ccc(N=Cc2c(O)n(-c3ccccc3)c(=O)c3ccccc23)cc1. The minimum atomic E-state index is -0.275. The van der Waals surface area contributed by atoms with Gasteiger partial charge in [0.05, 0.1) is 23.5 Å². The van der Waals surface area contributed by atoms with E-state index in [2.05, 4.69) is 4.99 Å². The molecule has 5 nitrogen and oxygen atoms in total. The molecule has 144 valence electrons. The van der Waals surface area contributed by atoms with Crippen LogP contribution in [0.1, 0.15) is 12.5 Å². The van der Waals surface area contributed by atoms with Crippen molar-refractivity contribution in [3.05, 3.63) is 94.8 Å². The summed E-state index contributed by atoms with van der Waals surface area (Å²) in [6.07, 6.45) is 1.59. The molecule has 29 heavy (non-hydrogen) atoms. The lowest BCUT2D eigenvalue weighted by molar-refractivity contribution is 0.340. The van der Waals surface area contributed by atoms with Crippen LogP contribution >= 0.6 is 0 Å². The van der Waals surface area contributed by atoms with Gasteiger partial charge in [-0.25, -0.2) is 4.57 Å². The number of aromatic nitrogens is 1. The van der Waals surface area contributed by atoms with Gasteiger partial charge in [0.1, 0.15) is 5.75 Å². The molecule has 0 aliphatic heterocycles. The van der Waals surface area contributed by atoms with E-state index in [1.165, 1.54) is 4.57 Å². The second-order valence-corrected chi connectivity index (χ2v) is 6.44. The lowest BCUT2D eigenvalue weighted by Gasteiger charge is -2.13. The predicted molar refractivity (Wildman–Crippen MR) is 116 cm³/mol. The Balaban J connectivity index is 1.86. The van der Waals surface area contributed by atoms with Crippen LogP contribution in [0.2, 0.25) is 0 Å². The summed E-state index contributed by atoms with van der Waals surface area (Å²) in [5.74, 6) is 0.631. The molecular formula is C24H20N2O3. The van der Waals surface area contributed by atoms with Crippen molar-refractivity contribution in [2.45, 2.75) is 6.92 Å². The van der Waals surface area contributed by atoms with Crippen LogP contribution in [0.4, 0.5) is 5.69 Å². The van der Waals surface area contributed by atoms with Gasteiger partial charge in [-0.05, 0) is 49.4 Å². The molecule has 1 N–H and O–H groups in total. The molecule has 5 heteroatoms. The van der Waals surface area contributed by atoms with Crippen molar-refractivity contribution < 1.29 is 9.84 Å². The molecule has 1 aromatic heterocycles. The predicted octanol–water partition coefficient (Wildman–Crippen LogP) is 4.85. The van der Waals surface area contributed by atoms with Crippen LogP contribution in [0.15, 0.2) is 88.6 Å². The van der Waals surface area contributed by atoms with E-state index >= 15 is 0 Å². The standard InChI is InChI=1S/C24H20N2O3/c1-2-29-19-14-12-17(13-15-19)25-16-22-20-10-6-7-11-21(20)23(27)26(24(22)28)18-8-4-3-5-9-18/h3-16,28H,2H2,1H3. The van der Waals surface area contributed by atoms with E-state index in [0.717, 1.165) is 11.4 Å². The van der Waals surface area contributed by atoms with Gasteiger partial charge in [0, 0.05) is 17.0 Å². The number of hydrogen-bond acceptors (Lipinski definition) is 4. The highest BCUT2D eigenvalue weighted by molar-refractivity contribution is 6.02. The molecule has 0 bridgehead atoms. The third-order valence-electron chi connectivity index (χ3n) is 4.61. The summed E-state index contributed by atoms with van der Waals surface area (Å²) in [7, 11) is 0. The molecule has 0 atom stereocenters. The molecule has 1 heterocycles. The van der Waals surface area contributed by atoms with Crippen molar-refractivity contribution in [1.82, 2.24) is 4.57 Å². The largest absolute Gasteiger partial charge is 0.494 e. The van der Waals surface area contributed by atoms with Gasteiger partial charge in [-0.15, -0.1) is 0 Å². The van der Waals surface area contributed by atoms with Crippen molar-refractivity contribution >= 4 is 22.7 Å². The number of benzene rings is 3. The molecule has 4 aromatic rings. The molecule has 0 aliphatic carbocycles. The smallest absolute Gasteiger partial charge is 0.265 e. The van der Waals surface area contributed by atoms with Gasteiger partial charge < -0.3 is 9.84 Å². The van der Waals surface area contributed by atoms with Crippen LogP contribution in [0.3, 0.4) is 0 Å². The van der Waals surface area contributed by atoms with Gasteiger partial charge in [-0.2, -0.15) is 0 Å². The maximum Gasteiger partial charge on any atom is 0.265 e. The van der Waals surface area contributed by atoms with Gasteiger partial charge in [0.25, 0.3) is 5.56 Å². The fraction of sp³-hybridized carbons (Fsp3) is 0.0833. The van der Waals surface area contributed by atoms with Crippen LogP contribution in [0.25, 0.3) is 16.5 Å². The zero-order chi connectivity index (χ0) is 20.2. The Kier molecular flexibility index (Phi) is 5.12. The number of fused-ring (bicyclic) bond motifs is 1. The van der Waals surface area contributed by atoms with Crippen molar-refractivity contribution in [1.29, 1.82) is 0 Å². The second kappa shape index (κ2) is 8.02. The quantitative estimate of drug-likeness (QED) is 0.501. The molecule has 0 saturated carbocycles. The molecular weight excluding hydrogens is 364 g/mol. The van der Waals surface area contributed by atoms with E-state index in [9.17, 15) is 9.90 Å². The van der Waals surface area contributed by atoms with Crippen LogP contribution in [0, 0.1) is 0 Å². The number of hydrogen-bond donors (Lipinski definition) is 1. The van der Waals surface area contributed by atoms with E-state index < -0.39 is 0 Å². The number of ether oxygens (including phenoxy) is 1. The van der Waals surface area contributed by atoms with Crippen molar-refractivity contribution in [3.8, 4) is 17.3 Å². The van der Waals surface area contributed by atoms with Gasteiger partial charge >= 0.3 is 0 Å². The van der Waals surface area contributed by atoms with E-state index in [1.807, 2.05) is 67.6 Å². The number of aromatic hydroxyl groups is 1. The van der Waals surface area contributed by atoms with Gasteiger partial charge in [0.2, 0.25) is 5.88 Å². The average molecular weight is 384 g/mol. The number of rotatable bonds is 5. The third-order valence-corrected chi connectivity index (χ3v) is 4.61. The highest BCUT2D eigenvalue weighted by Crippen LogP contribution is 2.27. The first-order valence-corrected chi connectivity index (χ1v) is 9.38. The van der Waals surface area contributed by atoms with Crippen LogP contribution < -0.4 is 10.3 Å². The van der Waals surface area contributed by atoms with Crippen molar-refractivity contribution in [2.24, 2.45) is 4.99 Å². The lowest BCUT2D eigenvalue weighted by atomic mass is 10.1. The van der Waals surface area contributed by atoms with E-state index in [1.54, 1.807) is 24.4 Å². The number of para-hydroxylation sites is 1. The zero-order valence-corrected chi connectivity index (χ0v) is 15.9. The maximum atomic E-state index is 13.0. The topological polar surface area (TPSA) is 63.8 Å². The highest BCUT2D eigenvalue weighted by Gasteiger charge is 2.15. The van der Waals surface area contributed by atoms with Crippen LogP contribution in [0.5, 0.6) is 11.6 Å². The summed E-state index contributed by atoms with van der Waals surface area (Å²) >= 11 is 0. The Bertz CT molecular complexity index is 1230. The first kappa shape index (κ1) is 18.5. The summed E-state index contributed by atoms with van der Waals surface area (Å²) in [6, 6.07) is 23.7. The van der Waals surface area contributed by atoms with Crippen LogP contribution in [-0.2, 0) is 0 Å². The molecule has 0 aliphatic rings. The first-order valence-electron chi connectivity index (χ1n) is 9.38. The summed E-state index contributed by atoms with van der Waals surface area (Å²) < 4.78 is 6.76. The summed E-state index contributed by atoms with van der Waals surface area (Å²) in [6.45, 7) is 2.53. The van der Waals surface area contributed by atoms with E-state index in [4.69, 9.17) is 4.74 Å². The van der Waals surface area contributed by atoms with E-state index in [-0.39, 0.29) is 11.4 Å². The fourth-order valence-corrected chi connectivity index (χ4v) is 3.24. The third kappa shape index (κ3) is 3.62. The molecule has 0 spiro atoms. The zero-order valence-electron chi connectivity index (χ0n) is 15.9. The molecule has 3 aromatic carbocycles. The summed E-state index contributed by atoms with van der Waals surface area (Å²) in [5, 5.41) is 12.1. The fourth-order valence-electron chi connectivity index (χ4n) is 3.24. The van der Waals surface area contributed by atoms with E-state index in [0.29, 0.717) is 28.6 Å². The minimum Gasteiger partial charge on any atom is -0.494 e. The Morgan fingerprint density at radius 2 is 1.59 bits per heavy atom. The average Bonchev–Trinajstić information content (AvgIpc) is 2.76. The van der Waals surface area contributed by atoms with Gasteiger partial charge in [0.15, 0.2) is 0 Å². The summed E-state index contributed by atoms with van der Waals surface area (Å²) in [4.78, 5) is 17.5. The Morgan fingerprint density at radius 1 is 0.931 bits per heavy atom. The Labute approximate surface area is 168 Å². The number of aliphatic imine (C=N–C) groups is 1. The monoisotopic (exact) mass is 384 g/mol. The van der Waals surface area contributed by atoms with Crippen LogP contribution in [-0.4, -0.2) is 22.5 Å². The molecule has 0 fully saturated rings. The normalized spacial score (nSPS) is 11.2. The maximum absolute atomic E-state index is 13.0. The molecule has 0 radical (unpaired) electrons. The Hall–Kier alpha value is -3.86. The molecule has 0 unspecified atom stereocenters. The molecule has 0 amide bonds. The molecule has 4 rings (SSSR count). The highest BCUT2D eigenvalue weighted by atomic mass is 16.5. The lowest BCUT2D eigenvalue weighted by Crippen LogP contribution is -2.20. The second-order valence-electron chi connectivity index (χ2n) is 6.44.